The van der Waals surface area contributed by atoms with Crippen LogP contribution in [0.3, 0.4) is 0 Å². The van der Waals surface area contributed by atoms with Crippen LogP contribution in [0.25, 0.3) is 22.2 Å². The number of rotatable bonds is 4. The number of aryl methyl sites for hydroxylation is 1. The highest BCUT2D eigenvalue weighted by Gasteiger charge is 2.24. The van der Waals surface area contributed by atoms with E-state index >= 15 is 0 Å². The van der Waals surface area contributed by atoms with Gasteiger partial charge in [0, 0.05) is 23.2 Å². The number of methoxy groups -OCH3 is 1. The van der Waals surface area contributed by atoms with Crippen LogP contribution in [0.4, 0.5) is 4.39 Å². The molecule has 0 bridgehead atoms. The van der Waals surface area contributed by atoms with Crippen LogP contribution in [-0.4, -0.2) is 47.8 Å². The van der Waals surface area contributed by atoms with Crippen LogP contribution in [-0.2, 0) is 17.8 Å². The maximum atomic E-state index is 14.7. The first-order valence-electron chi connectivity index (χ1n) is 12.6. The molecule has 1 aliphatic heterocycles. The topological polar surface area (TPSA) is 84.5 Å². The number of fused-ring (bicyclic) bond motifs is 2. The number of carbonyl (C=O) groups is 2. The fourth-order valence-corrected chi connectivity index (χ4v) is 4.46. The van der Waals surface area contributed by atoms with Crippen molar-refractivity contribution in [3.63, 3.8) is 0 Å². The number of ether oxygens (including phenoxy) is 2. The third kappa shape index (κ3) is 5.69. The van der Waals surface area contributed by atoms with Crippen LogP contribution in [0.15, 0.2) is 48.5 Å². The Hall–Kier alpha value is -4.20. The van der Waals surface area contributed by atoms with Gasteiger partial charge in [-0.05, 0) is 60.4 Å². The summed E-state index contributed by atoms with van der Waals surface area (Å²) < 4.78 is 25.8. The molecule has 5 rings (SSSR count). The molecular weight excluding hydrogens is 485 g/mol. The minimum absolute atomic E-state index is 0.177. The number of imidazole rings is 1. The van der Waals surface area contributed by atoms with Gasteiger partial charge in [-0.15, -0.1) is 0 Å². The quantitative estimate of drug-likeness (QED) is 0.351. The van der Waals surface area contributed by atoms with Gasteiger partial charge in [-0.1, -0.05) is 39.0 Å². The first kappa shape index (κ1) is 28.4. The Kier molecular flexibility index (Phi) is 9.60. The molecule has 38 heavy (non-hydrogen) atoms. The summed E-state index contributed by atoms with van der Waals surface area (Å²) >= 11 is 0. The second-order valence-corrected chi connectivity index (χ2v) is 8.45. The van der Waals surface area contributed by atoms with Gasteiger partial charge in [0.05, 0.1) is 24.7 Å². The van der Waals surface area contributed by atoms with Crippen molar-refractivity contribution >= 4 is 23.7 Å². The Bertz CT molecular complexity index is 1420. The van der Waals surface area contributed by atoms with Crippen molar-refractivity contribution < 1.29 is 23.5 Å². The number of nitrogens with zero attached hydrogens (tertiary/aromatic N) is 2. The number of aromatic amines is 1. The predicted molar refractivity (Wildman–Crippen MR) is 147 cm³/mol. The van der Waals surface area contributed by atoms with E-state index in [2.05, 4.69) is 9.97 Å². The lowest BCUT2D eigenvalue weighted by Crippen LogP contribution is -2.33. The van der Waals surface area contributed by atoms with Gasteiger partial charge in [0.2, 0.25) is 0 Å². The zero-order chi connectivity index (χ0) is 27.8. The molecule has 1 aromatic heterocycles. The van der Waals surface area contributed by atoms with Crippen molar-refractivity contribution in [2.24, 2.45) is 0 Å². The van der Waals surface area contributed by atoms with Crippen LogP contribution in [0.2, 0.25) is 0 Å². The molecule has 3 aromatic carbocycles. The first-order valence-corrected chi connectivity index (χ1v) is 12.6. The van der Waals surface area contributed by atoms with Crippen molar-refractivity contribution in [1.29, 1.82) is 0 Å². The van der Waals surface area contributed by atoms with Crippen molar-refractivity contribution in [1.82, 2.24) is 14.9 Å². The average molecular weight is 520 g/mol. The minimum atomic E-state index is -0.298. The predicted octanol–water partition coefficient (Wildman–Crippen LogP) is 6.12. The Morgan fingerprint density at radius 2 is 1.84 bits per heavy atom. The van der Waals surface area contributed by atoms with Crippen LogP contribution in [0.5, 0.6) is 11.8 Å². The Balaban J connectivity index is 0.000000956. The summed E-state index contributed by atoms with van der Waals surface area (Å²) in [4.78, 5) is 30.7. The number of halogens is 1. The third-order valence-electron chi connectivity index (χ3n) is 6.33. The van der Waals surface area contributed by atoms with E-state index in [0.717, 1.165) is 33.5 Å². The van der Waals surface area contributed by atoms with Crippen LogP contribution >= 0.6 is 0 Å². The number of hydrogen-bond acceptors (Lipinski definition) is 5. The fourth-order valence-electron chi connectivity index (χ4n) is 4.46. The highest BCUT2D eigenvalue weighted by molar-refractivity contribution is 5.96. The molecule has 0 aliphatic carbocycles. The van der Waals surface area contributed by atoms with E-state index in [9.17, 15) is 9.18 Å². The molecule has 0 fully saturated rings. The summed E-state index contributed by atoms with van der Waals surface area (Å²) in [5.41, 5.74) is 6.07. The van der Waals surface area contributed by atoms with E-state index in [1.165, 1.54) is 0 Å². The lowest BCUT2D eigenvalue weighted by atomic mass is 9.99. The standard InChI is InChI=1S/C27H26FN3O3.C2H6.CH2O/c1-4-20-21(8-5-16(2)25(20)28)26(32)31-11-12-34-24-10-7-17(13-19(24)15-31)18-6-9-22-23(14-18)30-27(29-22)33-3;2*1-2/h5-10,13-14H,4,11-12,15H2,1-3H3,(H,29,30);1-2H3;1H2. The summed E-state index contributed by atoms with van der Waals surface area (Å²) in [6, 6.07) is 15.8. The zero-order valence-corrected chi connectivity index (χ0v) is 22.6. The van der Waals surface area contributed by atoms with E-state index in [-0.39, 0.29) is 11.7 Å². The van der Waals surface area contributed by atoms with Gasteiger partial charge in [-0.2, -0.15) is 4.98 Å². The number of carbonyl (C=O) groups excluding carboxylic acids is 2. The van der Waals surface area contributed by atoms with Gasteiger partial charge in [0.1, 0.15) is 25.0 Å². The van der Waals surface area contributed by atoms with Gasteiger partial charge in [0.25, 0.3) is 11.9 Å². The smallest absolute Gasteiger partial charge is 0.294 e. The maximum Gasteiger partial charge on any atom is 0.294 e. The van der Waals surface area contributed by atoms with Crippen LogP contribution in [0.1, 0.15) is 47.8 Å². The highest BCUT2D eigenvalue weighted by atomic mass is 19.1. The molecule has 0 radical (unpaired) electrons. The number of benzene rings is 3. The molecule has 0 unspecified atom stereocenters. The Morgan fingerprint density at radius 3 is 2.55 bits per heavy atom. The molecule has 200 valence electrons. The number of amides is 1. The second-order valence-electron chi connectivity index (χ2n) is 8.45. The van der Waals surface area contributed by atoms with E-state index in [1.807, 2.05) is 64.0 Å². The molecule has 1 aliphatic rings. The van der Waals surface area contributed by atoms with E-state index in [0.29, 0.717) is 48.8 Å². The van der Waals surface area contributed by atoms with Gasteiger partial charge < -0.3 is 24.2 Å². The molecule has 0 saturated carbocycles. The Morgan fingerprint density at radius 1 is 1.13 bits per heavy atom. The summed E-state index contributed by atoms with van der Waals surface area (Å²) in [7, 11) is 1.58. The van der Waals surface area contributed by atoms with Gasteiger partial charge >= 0.3 is 0 Å². The van der Waals surface area contributed by atoms with Gasteiger partial charge in [0.15, 0.2) is 0 Å². The Labute approximate surface area is 222 Å². The SMILES string of the molecule is C=O.CC.CCc1c(C(=O)N2CCOc3ccc(-c4ccc5nc(OC)[nH]c5c4)cc3C2)ccc(C)c1F. The molecule has 4 aromatic rings. The van der Waals surface area contributed by atoms with Crippen molar-refractivity contribution in [3.05, 3.63) is 76.6 Å². The summed E-state index contributed by atoms with van der Waals surface area (Å²) in [5.74, 6) is 0.283. The van der Waals surface area contributed by atoms with Gasteiger partial charge in [-0.25, -0.2) is 4.39 Å². The zero-order valence-electron chi connectivity index (χ0n) is 22.6. The van der Waals surface area contributed by atoms with E-state index in [1.54, 1.807) is 31.1 Å². The summed E-state index contributed by atoms with van der Waals surface area (Å²) in [5, 5.41) is 0. The third-order valence-corrected chi connectivity index (χ3v) is 6.33. The number of hydrogen-bond donors (Lipinski definition) is 1. The lowest BCUT2D eigenvalue weighted by molar-refractivity contribution is -0.0980. The van der Waals surface area contributed by atoms with Crippen LogP contribution in [0, 0.1) is 12.7 Å². The fraction of sp³-hybridized carbons (Fsp3) is 0.300. The largest absolute Gasteiger partial charge is 0.491 e. The first-order chi connectivity index (χ1) is 18.5. The lowest BCUT2D eigenvalue weighted by Gasteiger charge is -2.22. The number of nitrogens with one attached hydrogen (secondary N) is 1. The highest BCUT2D eigenvalue weighted by Crippen LogP contribution is 2.32. The summed E-state index contributed by atoms with van der Waals surface area (Å²) in [6.07, 6.45) is 0.459. The maximum absolute atomic E-state index is 14.7. The molecule has 1 amide bonds. The van der Waals surface area contributed by atoms with E-state index in [4.69, 9.17) is 14.3 Å². The van der Waals surface area contributed by atoms with Crippen molar-refractivity contribution in [2.45, 2.75) is 40.7 Å². The number of aromatic nitrogens is 2. The van der Waals surface area contributed by atoms with Crippen molar-refractivity contribution in [2.75, 3.05) is 20.3 Å². The van der Waals surface area contributed by atoms with Crippen molar-refractivity contribution in [3.8, 4) is 22.9 Å². The minimum Gasteiger partial charge on any atom is -0.491 e. The monoisotopic (exact) mass is 519 g/mol. The molecule has 0 atom stereocenters. The molecule has 2 heterocycles. The average Bonchev–Trinajstić information content (AvgIpc) is 3.26. The molecule has 0 spiro atoms. The molecular formula is C30H34FN3O4. The normalized spacial score (nSPS) is 12.2. The molecule has 8 heteroatoms. The van der Waals surface area contributed by atoms with E-state index < -0.39 is 0 Å². The molecule has 0 saturated heterocycles. The summed E-state index contributed by atoms with van der Waals surface area (Å²) in [6.45, 7) is 10.8. The van der Waals surface area contributed by atoms with Gasteiger partial charge in [-0.3, -0.25) is 4.79 Å². The number of H-pyrrole nitrogens is 1. The molecule has 7 nitrogen and oxygen atoms in total. The second kappa shape index (κ2) is 12.9. The molecule has 1 N–H and O–H groups in total. The van der Waals surface area contributed by atoms with Crippen LogP contribution < -0.4 is 9.47 Å².